The lowest BCUT2D eigenvalue weighted by Gasteiger charge is -2.37. The number of ether oxygens (including phenoxy) is 2. The minimum Gasteiger partial charge on any atom is -0.456 e. The number of hydrogen-bond acceptors (Lipinski definition) is 7. The van der Waals surface area contributed by atoms with Gasteiger partial charge in [-0.15, -0.1) is 0 Å². The van der Waals surface area contributed by atoms with Crippen LogP contribution in [0.15, 0.2) is 21.9 Å². The fraction of sp³-hybridized carbons (Fsp3) is 0.714. The summed E-state index contributed by atoms with van der Waals surface area (Å²) in [4.78, 5) is 49.3. The van der Waals surface area contributed by atoms with E-state index in [0.717, 1.165) is 16.8 Å². The number of halogens is 1. The van der Waals surface area contributed by atoms with E-state index in [1.807, 2.05) is 13.1 Å². The van der Waals surface area contributed by atoms with Crippen LogP contribution in [0.2, 0.25) is 18.1 Å². The number of nitrogens with one attached hydrogen (secondary N) is 1. The Bertz CT molecular complexity index is 964. The number of alkyl halides is 1. The Labute approximate surface area is 187 Å². The molecule has 1 aromatic rings. The van der Waals surface area contributed by atoms with Crippen molar-refractivity contribution in [1.29, 1.82) is 0 Å². The molecule has 11 heteroatoms. The second-order valence-corrected chi connectivity index (χ2v) is 14.7. The summed E-state index contributed by atoms with van der Waals surface area (Å²) in [5.41, 5.74) is -3.79. The maximum atomic E-state index is 16.0. The number of ketones is 1. The molecule has 0 unspecified atom stereocenters. The average Bonchev–Trinajstić information content (AvgIpc) is 2.88. The lowest BCUT2D eigenvalue weighted by Crippen LogP contribution is -2.48. The summed E-state index contributed by atoms with van der Waals surface area (Å²) in [6.07, 6.45) is -2.91. The first-order valence-corrected chi connectivity index (χ1v) is 13.5. The van der Waals surface area contributed by atoms with Gasteiger partial charge in [0.05, 0.1) is 13.0 Å². The number of rotatable bonds is 8. The Morgan fingerprint density at radius 3 is 2.44 bits per heavy atom. The molecule has 1 aromatic heterocycles. The number of Topliss-reactive ketones (excluding diaryl/α,β-unsaturated/α-hetero) is 1. The van der Waals surface area contributed by atoms with Gasteiger partial charge in [0.15, 0.2) is 26.3 Å². The maximum absolute atomic E-state index is 16.0. The van der Waals surface area contributed by atoms with E-state index in [1.54, 1.807) is 0 Å². The monoisotopic (exact) mass is 472 g/mol. The number of aromatic amines is 1. The van der Waals surface area contributed by atoms with E-state index in [-0.39, 0.29) is 30.3 Å². The molecular weight excluding hydrogens is 439 g/mol. The van der Waals surface area contributed by atoms with Gasteiger partial charge in [0.2, 0.25) is 0 Å². The zero-order chi connectivity index (χ0) is 24.5. The second kappa shape index (κ2) is 9.40. The number of aromatic nitrogens is 2. The quantitative estimate of drug-likeness (QED) is 0.456. The Balaban J connectivity index is 2.34. The lowest BCUT2D eigenvalue weighted by atomic mass is 9.98. The van der Waals surface area contributed by atoms with Gasteiger partial charge in [-0.2, -0.15) is 0 Å². The van der Waals surface area contributed by atoms with E-state index in [9.17, 15) is 19.2 Å². The molecular formula is C21H33FN2O7Si. The van der Waals surface area contributed by atoms with Crippen LogP contribution in [-0.4, -0.2) is 54.1 Å². The Hall–Kier alpha value is -2.11. The highest BCUT2D eigenvalue weighted by Crippen LogP contribution is 2.44. The lowest BCUT2D eigenvalue weighted by molar-refractivity contribution is -0.158. The topological polar surface area (TPSA) is 117 Å². The van der Waals surface area contributed by atoms with Crippen LogP contribution >= 0.6 is 0 Å². The first kappa shape index (κ1) is 26.1. The van der Waals surface area contributed by atoms with Crippen LogP contribution in [0.1, 0.15) is 53.7 Å². The first-order chi connectivity index (χ1) is 14.6. The van der Waals surface area contributed by atoms with E-state index in [2.05, 4.69) is 25.8 Å². The predicted molar refractivity (Wildman–Crippen MR) is 118 cm³/mol. The molecule has 180 valence electrons. The number of hydrogen-bond donors (Lipinski definition) is 1. The Kier molecular flexibility index (Phi) is 7.68. The highest BCUT2D eigenvalue weighted by Gasteiger charge is 2.58. The highest BCUT2D eigenvalue weighted by molar-refractivity contribution is 6.74. The van der Waals surface area contributed by atoms with Gasteiger partial charge < -0.3 is 18.7 Å². The summed E-state index contributed by atoms with van der Waals surface area (Å²) in [5, 5.41) is -0.118. The van der Waals surface area contributed by atoms with Crippen LogP contribution in [0.4, 0.5) is 4.39 Å². The summed E-state index contributed by atoms with van der Waals surface area (Å²) in [6, 6.07) is 1.08. The number of carbonyl (C=O) groups excluding carboxylic acids is 2. The molecule has 1 aliphatic rings. The molecule has 0 radical (unpaired) electrons. The van der Waals surface area contributed by atoms with Gasteiger partial charge in [0.25, 0.3) is 5.56 Å². The Morgan fingerprint density at radius 2 is 1.91 bits per heavy atom. The molecule has 2 heterocycles. The van der Waals surface area contributed by atoms with E-state index in [4.69, 9.17) is 13.9 Å². The van der Waals surface area contributed by atoms with Gasteiger partial charge >= 0.3 is 11.7 Å². The van der Waals surface area contributed by atoms with Crippen molar-refractivity contribution >= 4 is 20.1 Å². The van der Waals surface area contributed by atoms with Crippen LogP contribution < -0.4 is 11.2 Å². The van der Waals surface area contributed by atoms with Crippen molar-refractivity contribution in [2.24, 2.45) is 0 Å². The highest BCUT2D eigenvalue weighted by atomic mass is 28.4. The van der Waals surface area contributed by atoms with Crippen LogP contribution in [0.25, 0.3) is 0 Å². The number of esters is 1. The average molecular weight is 473 g/mol. The van der Waals surface area contributed by atoms with Gasteiger partial charge in [-0.05, 0) is 32.0 Å². The molecule has 0 aliphatic carbocycles. The smallest absolute Gasteiger partial charge is 0.330 e. The summed E-state index contributed by atoms with van der Waals surface area (Å²) in [5.74, 6) is -0.937. The minimum absolute atomic E-state index is 0.0244. The molecule has 0 saturated carbocycles. The van der Waals surface area contributed by atoms with E-state index >= 15 is 4.39 Å². The van der Waals surface area contributed by atoms with Crippen molar-refractivity contribution in [2.75, 3.05) is 6.61 Å². The minimum atomic E-state index is -2.31. The largest absolute Gasteiger partial charge is 0.456 e. The van der Waals surface area contributed by atoms with Gasteiger partial charge in [0, 0.05) is 18.7 Å². The molecule has 0 bridgehead atoms. The molecule has 1 N–H and O–H groups in total. The van der Waals surface area contributed by atoms with Crippen molar-refractivity contribution in [3.8, 4) is 0 Å². The van der Waals surface area contributed by atoms with Crippen LogP contribution in [0.3, 0.4) is 0 Å². The number of H-pyrrole nitrogens is 1. The summed E-state index contributed by atoms with van der Waals surface area (Å²) >= 11 is 0. The molecule has 9 nitrogen and oxygen atoms in total. The first-order valence-electron chi connectivity index (χ1n) is 10.5. The molecule has 32 heavy (non-hydrogen) atoms. The van der Waals surface area contributed by atoms with Crippen molar-refractivity contribution < 1.29 is 27.9 Å². The third-order valence-electron chi connectivity index (χ3n) is 6.14. The number of nitrogens with zero attached hydrogens (tertiary/aromatic N) is 1. The number of carbonyl (C=O) groups is 2. The van der Waals surface area contributed by atoms with Crippen molar-refractivity contribution in [2.45, 2.75) is 89.7 Å². The molecule has 2 rings (SSSR count). The SMILES string of the molecule is CC(=O)CCC(=O)O[C@@H]1[C@@H](CO[Si](C)(C)C(C)(C)C)O[C@@H](n2ccc(=O)[nH]c2=O)[C@@]1(C)F. The van der Waals surface area contributed by atoms with Crippen molar-refractivity contribution in [3.05, 3.63) is 33.1 Å². The fourth-order valence-electron chi connectivity index (χ4n) is 3.13. The van der Waals surface area contributed by atoms with Crippen molar-refractivity contribution in [3.63, 3.8) is 0 Å². The zero-order valence-electron chi connectivity index (χ0n) is 19.7. The second-order valence-electron chi connectivity index (χ2n) is 9.88. The summed E-state index contributed by atoms with van der Waals surface area (Å²) < 4.78 is 34.4. The predicted octanol–water partition coefficient (Wildman–Crippen LogP) is 2.46. The summed E-state index contributed by atoms with van der Waals surface area (Å²) in [6.45, 7) is 12.7. The van der Waals surface area contributed by atoms with E-state index < -0.39 is 49.6 Å². The maximum Gasteiger partial charge on any atom is 0.330 e. The fourth-order valence-corrected chi connectivity index (χ4v) is 4.14. The molecule has 1 saturated heterocycles. The molecule has 0 spiro atoms. The molecule has 0 aromatic carbocycles. The molecule has 1 aliphatic heterocycles. The normalized spacial score (nSPS) is 26.2. The molecule has 1 fully saturated rings. The van der Waals surface area contributed by atoms with Crippen molar-refractivity contribution in [1.82, 2.24) is 9.55 Å². The molecule has 0 amide bonds. The zero-order valence-corrected chi connectivity index (χ0v) is 20.7. The molecule has 4 atom stereocenters. The van der Waals surface area contributed by atoms with Crippen LogP contribution in [-0.2, 0) is 23.5 Å². The summed E-state index contributed by atoms with van der Waals surface area (Å²) in [7, 11) is -2.24. The van der Waals surface area contributed by atoms with Gasteiger partial charge in [-0.1, -0.05) is 20.8 Å². The third-order valence-corrected chi connectivity index (χ3v) is 10.6. The van der Waals surface area contributed by atoms with E-state index in [1.165, 1.54) is 13.8 Å². The third kappa shape index (κ3) is 5.81. The van der Waals surface area contributed by atoms with E-state index in [0.29, 0.717) is 0 Å². The Morgan fingerprint density at radius 1 is 1.28 bits per heavy atom. The standard InChI is InChI=1S/C21H33FN2O7Si/c1-13(25)8-9-16(27)31-17-14(12-29-32(6,7)20(2,3)4)30-18(21(17,5)22)24-11-10-15(26)23-19(24)28/h10-11,14,17-18H,8-9,12H2,1-7H3,(H,23,26,28)/t14-,17-,18-,21+/m1/s1. The van der Waals surface area contributed by atoms with Crippen LogP contribution in [0, 0.1) is 0 Å². The van der Waals surface area contributed by atoms with Gasteiger partial charge in [-0.3, -0.25) is 19.1 Å². The van der Waals surface area contributed by atoms with Crippen LogP contribution in [0.5, 0.6) is 0 Å². The van der Waals surface area contributed by atoms with Gasteiger partial charge in [0.1, 0.15) is 11.9 Å². The van der Waals surface area contributed by atoms with Gasteiger partial charge in [-0.25, -0.2) is 9.18 Å².